The highest BCUT2D eigenvalue weighted by Crippen LogP contribution is 2.18. The molecule has 1 fully saturated rings. The lowest BCUT2D eigenvalue weighted by atomic mass is 10.1. The summed E-state index contributed by atoms with van der Waals surface area (Å²) in [5.74, 6) is -1.59. The van der Waals surface area contributed by atoms with Crippen molar-refractivity contribution in [2.24, 2.45) is 0 Å². The largest absolute Gasteiger partial charge is 0.479 e. The first-order valence-electron chi connectivity index (χ1n) is 7.25. The second kappa shape index (κ2) is 6.67. The van der Waals surface area contributed by atoms with E-state index in [0.717, 1.165) is 0 Å². The standard InChI is InChI=1S/C15H19NO6S/c1-3-23(20,21)12-6-4-5-11(7-12)14(17)16-8-10(2)22-13(9-16)15(18)19/h4-7,10,13H,3,8-9H2,1-2H3,(H,18,19)/t10-,13?/m1/s1. The van der Waals surface area contributed by atoms with Gasteiger partial charge in [0.2, 0.25) is 0 Å². The summed E-state index contributed by atoms with van der Waals surface area (Å²) in [5, 5.41) is 9.07. The van der Waals surface area contributed by atoms with Crippen molar-refractivity contribution in [3.63, 3.8) is 0 Å². The number of amides is 1. The molecule has 2 rings (SSSR count). The van der Waals surface area contributed by atoms with Gasteiger partial charge in [0, 0.05) is 12.1 Å². The van der Waals surface area contributed by atoms with E-state index < -0.39 is 33.9 Å². The van der Waals surface area contributed by atoms with E-state index in [9.17, 15) is 18.0 Å². The second-order valence-electron chi connectivity index (χ2n) is 5.41. The second-order valence-corrected chi connectivity index (χ2v) is 7.69. The molecule has 1 N–H and O–H groups in total. The number of carboxylic acid groups (broad SMARTS) is 1. The van der Waals surface area contributed by atoms with Crippen LogP contribution in [0.25, 0.3) is 0 Å². The molecule has 0 spiro atoms. The minimum atomic E-state index is -3.41. The normalized spacial score (nSPS) is 21.9. The van der Waals surface area contributed by atoms with E-state index >= 15 is 0 Å². The molecule has 0 aromatic heterocycles. The molecular formula is C15H19NO6S. The molecule has 0 aliphatic carbocycles. The Bertz CT molecular complexity index is 714. The van der Waals surface area contributed by atoms with E-state index in [2.05, 4.69) is 0 Å². The number of hydrogen-bond donors (Lipinski definition) is 1. The molecule has 1 unspecified atom stereocenters. The van der Waals surface area contributed by atoms with Gasteiger partial charge in [-0.3, -0.25) is 4.79 Å². The van der Waals surface area contributed by atoms with E-state index in [-0.39, 0.29) is 29.3 Å². The van der Waals surface area contributed by atoms with Crippen LogP contribution in [0.15, 0.2) is 29.2 Å². The fraction of sp³-hybridized carbons (Fsp3) is 0.467. The number of benzene rings is 1. The van der Waals surface area contributed by atoms with Gasteiger partial charge in [0.1, 0.15) is 0 Å². The van der Waals surface area contributed by atoms with Gasteiger partial charge in [-0.25, -0.2) is 13.2 Å². The first-order valence-corrected chi connectivity index (χ1v) is 8.90. The molecule has 1 aliphatic rings. The summed E-state index contributed by atoms with van der Waals surface area (Å²) >= 11 is 0. The van der Waals surface area contributed by atoms with Crippen LogP contribution in [0.1, 0.15) is 24.2 Å². The lowest BCUT2D eigenvalue weighted by Crippen LogP contribution is -2.51. The van der Waals surface area contributed by atoms with Crippen molar-refractivity contribution in [2.45, 2.75) is 31.0 Å². The molecule has 1 saturated heterocycles. The summed E-state index contributed by atoms with van der Waals surface area (Å²) in [6, 6.07) is 5.80. The molecular weight excluding hydrogens is 322 g/mol. The molecule has 0 bridgehead atoms. The zero-order chi connectivity index (χ0) is 17.2. The van der Waals surface area contributed by atoms with Crippen LogP contribution in [0.5, 0.6) is 0 Å². The average Bonchev–Trinajstić information content (AvgIpc) is 2.53. The summed E-state index contributed by atoms with van der Waals surface area (Å²) in [6.07, 6.45) is -1.48. The fourth-order valence-corrected chi connectivity index (χ4v) is 3.35. The van der Waals surface area contributed by atoms with Gasteiger partial charge in [0.25, 0.3) is 5.91 Å². The van der Waals surface area contributed by atoms with Crippen molar-refractivity contribution >= 4 is 21.7 Å². The lowest BCUT2D eigenvalue weighted by molar-refractivity contribution is -0.160. The number of sulfone groups is 1. The summed E-state index contributed by atoms with van der Waals surface area (Å²) < 4.78 is 29.1. The molecule has 23 heavy (non-hydrogen) atoms. The SMILES string of the molecule is CCS(=O)(=O)c1cccc(C(=O)N2CC(C(=O)O)O[C@H](C)C2)c1. The third-order valence-corrected chi connectivity index (χ3v) is 5.38. The van der Waals surface area contributed by atoms with Crippen molar-refractivity contribution in [1.82, 2.24) is 4.90 Å². The Balaban J connectivity index is 2.26. The van der Waals surface area contributed by atoms with Crippen LogP contribution in [-0.4, -0.2) is 61.4 Å². The molecule has 7 nitrogen and oxygen atoms in total. The molecule has 1 heterocycles. The van der Waals surface area contributed by atoms with E-state index in [4.69, 9.17) is 9.84 Å². The Kier molecular flexibility index (Phi) is 5.06. The van der Waals surface area contributed by atoms with Crippen molar-refractivity contribution in [2.75, 3.05) is 18.8 Å². The fourth-order valence-electron chi connectivity index (χ4n) is 2.43. The number of ether oxygens (including phenoxy) is 1. The zero-order valence-electron chi connectivity index (χ0n) is 12.9. The van der Waals surface area contributed by atoms with Crippen LogP contribution in [0.4, 0.5) is 0 Å². The third kappa shape index (κ3) is 3.89. The number of morpholine rings is 1. The predicted molar refractivity (Wildman–Crippen MR) is 82.0 cm³/mol. The summed E-state index contributed by atoms with van der Waals surface area (Å²) in [6.45, 7) is 3.41. The minimum Gasteiger partial charge on any atom is -0.479 e. The smallest absolute Gasteiger partial charge is 0.334 e. The molecule has 1 aromatic carbocycles. The summed E-state index contributed by atoms with van der Waals surface area (Å²) in [7, 11) is -3.41. The Morgan fingerprint density at radius 1 is 1.35 bits per heavy atom. The van der Waals surface area contributed by atoms with Gasteiger partial charge in [-0.15, -0.1) is 0 Å². The van der Waals surface area contributed by atoms with Crippen LogP contribution in [0.2, 0.25) is 0 Å². The van der Waals surface area contributed by atoms with Gasteiger partial charge in [-0.2, -0.15) is 0 Å². The van der Waals surface area contributed by atoms with Gasteiger partial charge in [-0.05, 0) is 25.1 Å². The lowest BCUT2D eigenvalue weighted by Gasteiger charge is -2.35. The van der Waals surface area contributed by atoms with Crippen LogP contribution in [-0.2, 0) is 19.4 Å². The maximum Gasteiger partial charge on any atom is 0.334 e. The number of nitrogens with zero attached hydrogens (tertiary/aromatic N) is 1. The Morgan fingerprint density at radius 2 is 2.04 bits per heavy atom. The molecule has 1 amide bonds. The Morgan fingerprint density at radius 3 is 2.65 bits per heavy atom. The van der Waals surface area contributed by atoms with Crippen LogP contribution in [0, 0.1) is 0 Å². The van der Waals surface area contributed by atoms with Crippen LogP contribution in [0.3, 0.4) is 0 Å². The highest BCUT2D eigenvalue weighted by molar-refractivity contribution is 7.91. The number of carbonyl (C=O) groups excluding carboxylic acids is 1. The maximum atomic E-state index is 12.6. The maximum absolute atomic E-state index is 12.6. The van der Waals surface area contributed by atoms with Gasteiger partial charge in [0.15, 0.2) is 15.9 Å². The van der Waals surface area contributed by atoms with Crippen molar-refractivity contribution in [3.05, 3.63) is 29.8 Å². The first kappa shape index (κ1) is 17.4. The number of rotatable bonds is 4. The van der Waals surface area contributed by atoms with Crippen LogP contribution < -0.4 is 0 Å². The number of carbonyl (C=O) groups is 2. The molecule has 0 saturated carbocycles. The average molecular weight is 341 g/mol. The van der Waals surface area contributed by atoms with E-state index in [1.54, 1.807) is 6.92 Å². The van der Waals surface area contributed by atoms with Crippen molar-refractivity contribution < 1.29 is 27.9 Å². The van der Waals surface area contributed by atoms with Crippen molar-refractivity contribution in [3.8, 4) is 0 Å². The third-order valence-electron chi connectivity index (χ3n) is 3.64. The molecule has 1 aromatic rings. The molecule has 2 atom stereocenters. The van der Waals surface area contributed by atoms with E-state index in [1.807, 2.05) is 0 Å². The van der Waals surface area contributed by atoms with Gasteiger partial charge < -0.3 is 14.7 Å². The van der Waals surface area contributed by atoms with Crippen molar-refractivity contribution in [1.29, 1.82) is 0 Å². The highest BCUT2D eigenvalue weighted by Gasteiger charge is 2.33. The molecule has 1 aliphatic heterocycles. The molecule has 126 valence electrons. The minimum absolute atomic E-state index is 0.0552. The predicted octanol–water partition coefficient (Wildman–Crippen LogP) is 0.794. The number of aliphatic carboxylic acids is 1. The molecule has 8 heteroatoms. The topological polar surface area (TPSA) is 101 Å². The zero-order valence-corrected chi connectivity index (χ0v) is 13.7. The summed E-state index contributed by atoms with van der Waals surface area (Å²) in [5.41, 5.74) is 0.220. The van der Waals surface area contributed by atoms with Gasteiger partial charge in [0.05, 0.1) is 23.3 Å². The first-order chi connectivity index (χ1) is 10.7. The molecule has 0 radical (unpaired) electrons. The Labute approximate surface area is 134 Å². The summed E-state index contributed by atoms with van der Waals surface area (Å²) in [4.78, 5) is 25.1. The monoisotopic (exact) mass is 341 g/mol. The number of hydrogen-bond acceptors (Lipinski definition) is 5. The highest BCUT2D eigenvalue weighted by atomic mass is 32.2. The van der Waals surface area contributed by atoms with Gasteiger partial charge >= 0.3 is 5.97 Å². The van der Waals surface area contributed by atoms with E-state index in [0.29, 0.717) is 0 Å². The number of carboxylic acids is 1. The Hall–Kier alpha value is -1.93. The quantitative estimate of drug-likeness (QED) is 0.869. The van der Waals surface area contributed by atoms with Gasteiger partial charge in [-0.1, -0.05) is 13.0 Å². The van der Waals surface area contributed by atoms with Crippen LogP contribution >= 0.6 is 0 Å². The van der Waals surface area contributed by atoms with E-state index in [1.165, 1.54) is 36.1 Å².